The minimum atomic E-state index is 0.0815. The average Bonchev–Trinajstić information content (AvgIpc) is 3.38. The Morgan fingerprint density at radius 3 is 2.54 bits per heavy atom. The van der Waals surface area contributed by atoms with Crippen LogP contribution in [-0.2, 0) is 17.8 Å². The monoisotopic (exact) mass is 522 g/mol. The number of hydrogen-bond acceptors (Lipinski definition) is 4. The van der Waals surface area contributed by atoms with Gasteiger partial charge in [-0.2, -0.15) is 0 Å². The molecule has 0 spiro atoms. The van der Waals surface area contributed by atoms with E-state index in [0.717, 1.165) is 37.1 Å². The number of aromatic amines is 1. The molecule has 1 unspecified atom stereocenters. The number of carbonyl (C=O) groups is 1. The second-order valence-corrected chi connectivity index (χ2v) is 9.96. The minimum Gasteiger partial charge on any atom is -0.361 e. The van der Waals surface area contributed by atoms with Crippen LogP contribution in [0.5, 0.6) is 0 Å². The van der Waals surface area contributed by atoms with Gasteiger partial charge in [0.15, 0.2) is 0 Å². The Labute approximate surface area is 231 Å². The summed E-state index contributed by atoms with van der Waals surface area (Å²) in [6.07, 6.45) is 7.12. The van der Waals surface area contributed by atoms with E-state index in [1.165, 1.54) is 22.1 Å². The molecular weight excluding hydrogens is 484 g/mol. The first-order chi connectivity index (χ1) is 19.0. The largest absolute Gasteiger partial charge is 0.361 e. The zero-order chi connectivity index (χ0) is 27.5. The van der Waals surface area contributed by atoms with Crippen LogP contribution in [-0.4, -0.2) is 40.6 Å². The number of fused-ring (bicyclic) bond motifs is 1. The van der Waals surface area contributed by atoms with Gasteiger partial charge in [0.05, 0.1) is 5.70 Å². The van der Waals surface area contributed by atoms with Gasteiger partial charge < -0.3 is 10.3 Å². The third kappa shape index (κ3) is 8.43. The average molecular weight is 523 g/mol. The molecule has 202 valence electrons. The van der Waals surface area contributed by atoms with Gasteiger partial charge in [-0.25, -0.2) is 0 Å². The summed E-state index contributed by atoms with van der Waals surface area (Å²) in [5, 5.41) is 13.3. The van der Waals surface area contributed by atoms with Crippen LogP contribution in [0.15, 0.2) is 103 Å². The summed E-state index contributed by atoms with van der Waals surface area (Å²) >= 11 is 0. The van der Waals surface area contributed by atoms with Gasteiger partial charge in [-0.05, 0) is 46.7 Å². The normalized spacial score (nSPS) is 12.2. The van der Waals surface area contributed by atoms with Gasteiger partial charge in [-0.3, -0.25) is 20.4 Å². The summed E-state index contributed by atoms with van der Waals surface area (Å²) in [5.41, 5.74) is 8.34. The fourth-order valence-electron chi connectivity index (χ4n) is 4.72. The van der Waals surface area contributed by atoms with Gasteiger partial charge in [-0.1, -0.05) is 92.4 Å². The standard InChI is InChI=1S/C33H38N4O2/c1-25(29-8-4-3-5-9-29)22-33(38)34-19-21-37(20-18-30-23-35-32-11-7-6-10-31(30)32)24-28-16-14-27(15-17-28)13-12-26(2)36-39/h3-17,23,25,35-36,39H,2,18-22,24H2,1H3,(H,34,38)/b13-12+. The van der Waals surface area contributed by atoms with Crippen LogP contribution in [0.2, 0.25) is 0 Å². The zero-order valence-electron chi connectivity index (χ0n) is 22.6. The molecule has 1 atom stereocenters. The van der Waals surface area contributed by atoms with Crippen LogP contribution in [0.25, 0.3) is 17.0 Å². The number of nitrogens with one attached hydrogen (secondary N) is 3. The maximum absolute atomic E-state index is 12.7. The SMILES string of the molecule is C=C(/C=C/c1ccc(CN(CCNC(=O)CC(C)c2ccccc2)CCc2c[nH]c3ccccc23)cc1)NO. The van der Waals surface area contributed by atoms with Crippen LogP contribution >= 0.6 is 0 Å². The van der Waals surface area contributed by atoms with Gasteiger partial charge >= 0.3 is 0 Å². The molecule has 4 N–H and O–H groups in total. The lowest BCUT2D eigenvalue weighted by Gasteiger charge is -2.23. The summed E-state index contributed by atoms with van der Waals surface area (Å²) in [6.45, 7) is 8.81. The Bertz CT molecular complexity index is 1380. The van der Waals surface area contributed by atoms with Crippen molar-refractivity contribution in [3.05, 3.63) is 126 Å². The molecule has 4 aromatic rings. The molecule has 39 heavy (non-hydrogen) atoms. The lowest BCUT2D eigenvalue weighted by Crippen LogP contribution is -2.36. The van der Waals surface area contributed by atoms with Crippen molar-refractivity contribution in [2.24, 2.45) is 0 Å². The Morgan fingerprint density at radius 1 is 1.03 bits per heavy atom. The number of hydrogen-bond donors (Lipinski definition) is 4. The third-order valence-electron chi connectivity index (χ3n) is 6.99. The summed E-state index contributed by atoms with van der Waals surface area (Å²) in [5.74, 6) is 0.264. The number of H-pyrrole nitrogens is 1. The Balaban J connectivity index is 1.36. The molecule has 0 bridgehead atoms. The second kappa shape index (κ2) is 14.1. The summed E-state index contributed by atoms with van der Waals surface area (Å²) in [6, 6.07) is 26.9. The van der Waals surface area contributed by atoms with E-state index in [4.69, 9.17) is 5.21 Å². The van der Waals surface area contributed by atoms with Crippen molar-refractivity contribution in [3.63, 3.8) is 0 Å². The molecule has 0 aliphatic heterocycles. The van der Waals surface area contributed by atoms with Gasteiger partial charge in [0.25, 0.3) is 0 Å². The first kappa shape index (κ1) is 27.9. The van der Waals surface area contributed by atoms with Crippen molar-refractivity contribution in [3.8, 4) is 0 Å². The molecule has 0 saturated carbocycles. The number of carbonyl (C=O) groups excluding carboxylic acids is 1. The molecule has 0 saturated heterocycles. The van der Waals surface area contributed by atoms with E-state index in [1.807, 2.05) is 35.8 Å². The van der Waals surface area contributed by atoms with Crippen LogP contribution in [0, 0.1) is 0 Å². The van der Waals surface area contributed by atoms with Gasteiger partial charge in [0.2, 0.25) is 5.91 Å². The first-order valence-corrected chi connectivity index (χ1v) is 13.5. The van der Waals surface area contributed by atoms with E-state index in [1.54, 1.807) is 6.08 Å². The lowest BCUT2D eigenvalue weighted by atomic mass is 9.98. The molecular formula is C33H38N4O2. The number of benzene rings is 3. The van der Waals surface area contributed by atoms with E-state index in [-0.39, 0.29) is 11.8 Å². The van der Waals surface area contributed by atoms with Gasteiger partial charge in [-0.15, -0.1) is 0 Å². The maximum atomic E-state index is 12.7. The van der Waals surface area contributed by atoms with E-state index >= 15 is 0 Å². The van der Waals surface area contributed by atoms with Crippen LogP contribution in [0.4, 0.5) is 0 Å². The summed E-state index contributed by atoms with van der Waals surface area (Å²) in [7, 11) is 0. The Kier molecular flexibility index (Phi) is 10.1. The van der Waals surface area contributed by atoms with E-state index in [9.17, 15) is 4.79 Å². The van der Waals surface area contributed by atoms with Gasteiger partial charge in [0, 0.05) is 49.7 Å². The fraction of sp³-hybridized carbons (Fsp3) is 0.242. The quantitative estimate of drug-likeness (QED) is 0.120. The number of rotatable bonds is 14. The predicted octanol–water partition coefficient (Wildman–Crippen LogP) is 6.03. The maximum Gasteiger partial charge on any atom is 0.220 e. The Hall–Kier alpha value is -4.13. The van der Waals surface area contributed by atoms with Crippen molar-refractivity contribution in [2.45, 2.75) is 32.2 Å². The number of para-hydroxylation sites is 1. The molecule has 1 aromatic heterocycles. The second-order valence-electron chi connectivity index (χ2n) is 9.96. The lowest BCUT2D eigenvalue weighted by molar-refractivity contribution is -0.121. The molecule has 0 radical (unpaired) electrons. The number of allylic oxidation sites excluding steroid dienone is 1. The number of nitrogens with zero attached hydrogens (tertiary/aromatic N) is 1. The van der Waals surface area contributed by atoms with Crippen molar-refractivity contribution in [2.75, 3.05) is 19.6 Å². The van der Waals surface area contributed by atoms with Crippen molar-refractivity contribution in [1.82, 2.24) is 20.7 Å². The molecule has 6 nitrogen and oxygen atoms in total. The highest BCUT2D eigenvalue weighted by Gasteiger charge is 2.13. The van der Waals surface area contributed by atoms with E-state index in [0.29, 0.717) is 18.7 Å². The van der Waals surface area contributed by atoms with Crippen LogP contribution in [0.3, 0.4) is 0 Å². The van der Waals surface area contributed by atoms with E-state index in [2.05, 4.69) is 89.5 Å². The third-order valence-corrected chi connectivity index (χ3v) is 6.99. The molecule has 6 heteroatoms. The first-order valence-electron chi connectivity index (χ1n) is 13.5. The highest BCUT2D eigenvalue weighted by atomic mass is 16.5. The van der Waals surface area contributed by atoms with Crippen LogP contribution < -0.4 is 10.8 Å². The Morgan fingerprint density at radius 2 is 1.77 bits per heavy atom. The smallest absolute Gasteiger partial charge is 0.220 e. The van der Waals surface area contributed by atoms with Crippen molar-refractivity contribution < 1.29 is 10.0 Å². The zero-order valence-corrected chi connectivity index (χ0v) is 22.6. The molecule has 0 fully saturated rings. The fourth-order valence-corrected chi connectivity index (χ4v) is 4.72. The number of amides is 1. The topological polar surface area (TPSA) is 80.4 Å². The van der Waals surface area contributed by atoms with Crippen molar-refractivity contribution >= 4 is 22.9 Å². The predicted molar refractivity (Wildman–Crippen MR) is 159 cm³/mol. The molecule has 0 aliphatic rings. The number of aromatic nitrogens is 1. The van der Waals surface area contributed by atoms with E-state index < -0.39 is 0 Å². The number of hydroxylamine groups is 1. The molecule has 0 aliphatic carbocycles. The molecule has 4 rings (SSSR count). The summed E-state index contributed by atoms with van der Waals surface area (Å²) < 4.78 is 0. The van der Waals surface area contributed by atoms with Gasteiger partial charge in [0.1, 0.15) is 0 Å². The van der Waals surface area contributed by atoms with Crippen LogP contribution in [0.1, 0.15) is 41.5 Å². The van der Waals surface area contributed by atoms with Crippen molar-refractivity contribution in [1.29, 1.82) is 0 Å². The molecule has 1 amide bonds. The highest BCUT2D eigenvalue weighted by molar-refractivity contribution is 5.83. The molecule has 3 aromatic carbocycles. The summed E-state index contributed by atoms with van der Waals surface area (Å²) in [4.78, 5) is 18.4. The molecule has 1 heterocycles. The highest BCUT2D eigenvalue weighted by Crippen LogP contribution is 2.20. The minimum absolute atomic E-state index is 0.0815.